The van der Waals surface area contributed by atoms with Gasteiger partial charge < -0.3 is 20.3 Å². The van der Waals surface area contributed by atoms with Crippen LogP contribution < -0.4 is 20.5 Å². The summed E-state index contributed by atoms with van der Waals surface area (Å²) in [5.74, 6) is -5.39. The Morgan fingerprint density at radius 2 is 2.00 bits per heavy atom. The van der Waals surface area contributed by atoms with Crippen molar-refractivity contribution < 1.29 is 36.0 Å². The van der Waals surface area contributed by atoms with Gasteiger partial charge in [0.1, 0.15) is 34.4 Å². The molecule has 2 aromatic heterocycles. The lowest BCUT2D eigenvalue weighted by molar-refractivity contribution is -0.0148. The van der Waals surface area contributed by atoms with Gasteiger partial charge >= 0.3 is 0 Å². The lowest BCUT2D eigenvalue weighted by Crippen LogP contribution is -2.65. The Balaban J connectivity index is 1.66. The van der Waals surface area contributed by atoms with Gasteiger partial charge in [-0.25, -0.2) is 36.9 Å². The number of hydrogen-bond acceptors (Lipinski definition) is 9. The average molecular weight is 564 g/mol. The van der Waals surface area contributed by atoms with Gasteiger partial charge in [-0.2, -0.15) is 0 Å². The second-order valence-electron chi connectivity index (χ2n) is 9.57. The van der Waals surface area contributed by atoms with Crippen LogP contribution in [0.1, 0.15) is 43.4 Å². The summed E-state index contributed by atoms with van der Waals surface area (Å²) < 4.78 is 86.5. The molecular formula is C22H26F5N7O3S. The Morgan fingerprint density at radius 1 is 1.29 bits per heavy atom. The summed E-state index contributed by atoms with van der Waals surface area (Å²) in [6, 6.07) is 2.12. The van der Waals surface area contributed by atoms with Crippen LogP contribution in [-0.2, 0) is 5.54 Å². The van der Waals surface area contributed by atoms with Crippen LogP contribution in [-0.4, -0.2) is 66.7 Å². The first-order chi connectivity index (χ1) is 17.6. The van der Waals surface area contributed by atoms with E-state index < -0.39 is 75.4 Å². The van der Waals surface area contributed by atoms with Crippen molar-refractivity contribution >= 4 is 28.1 Å². The summed E-state index contributed by atoms with van der Waals surface area (Å²) in [6.07, 6.45) is -1.56. The maximum absolute atomic E-state index is 15.2. The van der Waals surface area contributed by atoms with Gasteiger partial charge in [-0.05, 0) is 32.9 Å². The zero-order valence-corrected chi connectivity index (χ0v) is 21.3. The number of halogens is 5. The van der Waals surface area contributed by atoms with E-state index in [0.717, 1.165) is 24.5 Å². The summed E-state index contributed by atoms with van der Waals surface area (Å²) in [4.78, 5) is 28.7. The van der Waals surface area contributed by atoms with Crippen LogP contribution in [0.15, 0.2) is 29.5 Å². The lowest BCUT2D eigenvalue weighted by atomic mass is 9.88. The molecule has 0 bridgehead atoms. The molecular weight excluding hydrogens is 537 g/mol. The highest BCUT2D eigenvalue weighted by atomic mass is 32.3. The molecule has 2 aliphatic heterocycles. The third-order valence-electron chi connectivity index (χ3n) is 6.61. The average Bonchev–Trinajstić information content (AvgIpc) is 2.84. The van der Waals surface area contributed by atoms with Crippen molar-refractivity contribution in [3.63, 3.8) is 0 Å². The predicted molar refractivity (Wildman–Crippen MR) is 130 cm³/mol. The number of nitrogens with zero attached hydrogens (tertiary/aromatic N) is 4. The Bertz CT molecular complexity index is 1270. The zero-order chi connectivity index (χ0) is 28.1. The number of alkyl halides is 4. The monoisotopic (exact) mass is 563 g/mol. The minimum absolute atomic E-state index is 0.0634. The van der Waals surface area contributed by atoms with Crippen molar-refractivity contribution in [3.8, 4) is 5.88 Å². The molecule has 16 heteroatoms. The molecule has 4 heterocycles. The third-order valence-corrected chi connectivity index (χ3v) is 10.4. The molecule has 0 aliphatic carbocycles. The lowest BCUT2D eigenvalue weighted by Gasteiger charge is -2.61. The first kappa shape index (κ1) is 27.9. The van der Waals surface area contributed by atoms with Crippen LogP contribution in [0.3, 0.4) is 0 Å². The third kappa shape index (κ3) is 4.87. The molecule has 0 radical (unpaired) electrons. The standard InChI is InChI=1S/C22H26F5N7O3S/c1-20(2)19(28)34-21(3,13-6-22(26,27)10-31-38(13,20)36)17-11(23)4-5-15(32-17)33-18(35)12-7-30-16(8-29-12)37-9-14(24)25/h4-5,7-8,13-14,31,36H,6,9-10H2,1-3H3,(H2,28,34)(H,32,33,35)/t13-,21+/m1/s1. The summed E-state index contributed by atoms with van der Waals surface area (Å²) in [5.41, 5.74) is 3.74. The van der Waals surface area contributed by atoms with Gasteiger partial charge in [0.15, 0.2) is 6.61 Å². The second-order valence-corrected chi connectivity index (χ2v) is 12.7. The van der Waals surface area contributed by atoms with Crippen molar-refractivity contribution in [3.05, 3.63) is 41.7 Å². The second kappa shape index (κ2) is 9.57. The van der Waals surface area contributed by atoms with E-state index in [1.807, 2.05) is 0 Å². The normalized spacial score (nSPS) is 29.5. The first-order valence-electron chi connectivity index (χ1n) is 11.3. The van der Waals surface area contributed by atoms with Gasteiger partial charge in [0, 0.05) is 6.42 Å². The molecule has 0 aromatic carbocycles. The molecule has 4 rings (SSSR count). The van der Waals surface area contributed by atoms with E-state index in [0.29, 0.717) is 0 Å². The van der Waals surface area contributed by atoms with E-state index in [9.17, 15) is 26.9 Å². The van der Waals surface area contributed by atoms with Crippen LogP contribution >= 0.6 is 10.5 Å². The molecule has 1 saturated heterocycles. The van der Waals surface area contributed by atoms with Gasteiger partial charge in [0.25, 0.3) is 18.3 Å². The minimum atomic E-state index is -3.21. The topological polar surface area (TPSA) is 148 Å². The number of nitrogens with one attached hydrogen (secondary N) is 2. The highest BCUT2D eigenvalue weighted by Crippen LogP contribution is 2.67. The van der Waals surface area contributed by atoms with Crippen LogP contribution in [0.4, 0.5) is 27.8 Å². The highest BCUT2D eigenvalue weighted by Gasteiger charge is 2.64. The highest BCUT2D eigenvalue weighted by molar-refractivity contribution is 8.29. The molecule has 0 saturated carbocycles. The number of nitrogens with two attached hydrogens (primary N) is 1. The van der Waals surface area contributed by atoms with Gasteiger partial charge in [-0.1, -0.05) is 10.5 Å². The van der Waals surface area contributed by atoms with Crippen molar-refractivity contribution in [1.82, 2.24) is 19.7 Å². The number of aliphatic imine (C=N–C) groups is 1. The fourth-order valence-corrected chi connectivity index (χ4v) is 7.75. The predicted octanol–water partition coefficient (Wildman–Crippen LogP) is 3.46. The minimum Gasteiger partial charge on any atom is -0.470 e. The number of carbonyl (C=O) groups is 1. The molecule has 0 spiro atoms. The molecule has 1 fully saturated rings. The molecule has 208 valence electrons. The van der Waals surface area contributed by atoms with Crippen molar-refractivity contribution in [2.75, 3.05) is 18.5 Å². The number of rotatable bonds is 6. The van der Waals surface area contributed by atoms with Crippen molar-refractivity contribution in [2.45, 2.75) is 55.1 Å². The fourth-order valence-electron chi connectivity index (χ4n) is 4.37. The van der Waals surface area contributed by atoms with E-state index >= 15 is 4.39 Å². The van der Waals surface area contributed by atoms with E-state index in [4.69, 9.17) is 10.5 Å². The number of pyridine rings is 1. The first-order valence-corrected chi connectivity index (χ1v) is 13.0. The summed E-state index contributed by atoms with van der Waals surface area (Å²) in [5, 5.41) is 1.12. The molecule has 38 heavy (non-hydrogen) atoms. The quantitative estimate of drug-likeness (QED) is 0.391. The van der Waals surface area contributed by atoms with E-state index in [1.54, 1.807) is 13.8 Å². The van der Waals surface area contributed by atoms with Crippen molar-refractivity contribution in [2.24, 2.45) is 10.7 Å². The summed E-state index contributed by atoms with van der Waals surface area (Å²) in [6.45, 7) is 2.85. The molecule has 5 N–H and O–H groups in total. The van der Waals surface area contributed by atoms with Gasteiger partial charge in [0.2, 0.25) is 5.88 Å². The molecule has 1 amide bonds. The Morgan fingerprint density at radius 3 is 2.63 bits per heavy atom. The summed E-state index contributed by atoms with van der Waals surface area (Å²) >= 11 is 0. The molecule has 2 aromatic rings. The van der Waals surface area contributed by atoms with E-state index in [-0.39, 0.29) is 23.2 Å². The SMILES string of the molecule is CC1(C)C(N)=N[C@](C)(c2nc(NC(=O)c3cnc(OCC(F)F)cn3)ccc2F)[C@H]2CC(F)(F)CNS21O. The van der Waals surface area contributed by atoms with E-state index in [1.165, 1.54) is 6.92 Å². The Hall–Kier alpha value is -3.11. The largest absolute Gasteiger partial charge is 0.470 e. The Labute approximate surface area is 216 Å². The van der Waals surface area contributed by atoms with Gasteiger partial charge in [0.05, 0.1) is 28.9 Å². The number of hydrogen-bond donors (Lipinski definition) is 4. The smallest absolute Gasteiger partial charge is 0.277 e. The van der Waals surface area contributed by atoms with Crippen LogP contribution in [0, 0.1) is 5.82 Å². The number of fused-ring (bicyclic) bond motifs is 1. The summed E-state index contributed by atoms with van der Waals surface area (Å²) in [7, 11) is -3.10. The number of carbonyl (C=O) groups excluding carboxylic acids is 1. The molecule has 10 nitrogen and oxygen atoms in total. The number of anilines is 1. The van der Waals surface area contributed by atoms with E-state index in [2.05, 4.69) is 30.0 Å². The zero-order valence-electron chi connectivity index (χ0n) is 20.5. The maximum Gasteiger partial charge on any atom is 0.277 e. The molecule has 1 unspecified atom stereocenters. The van der Waals surface area contributed by atoms with Gasteiger partial charge in [-0.3, -0.25) is 14.5 Å². The molecule has 2 aliphatic rings. The van der Waals surface area contributed by atoms with Crippen LogP contribution in [0.25, 0.3) is 0 Å². The van der Waals surface area contributed by atoms with Crippen molar-refractivity contribution in [1.29, 1.82) is 0 Å². The Kier molecular flexibility index (Phi) is 7.03. The van der Waals surface area contributed by atoms with Gasteiger partial charge in [-0.15, -0.1) is 0 Å². The number of aromatic nitrogens is 3. The van der Waals surface area contributed by atoms with Crippen LogP contribution in [0.5, 0.6) is 5.88 Å². The molecule has 3 atom stereocenters. The number of ether oxygens (including phenoxy) is 1. The maximum atomic E-state index is 15.2. The number of amides is 1. The fraction of sp³-hybridized carbons (Fsp3) is 0.500. The number of amidine groups is 1. The van der Waals surface area contributed by atoms with Crippen LogP contribution in [0.2, 0.25) is 0 Å².